The number of rotatable bonds is 0. The van der Waals surface area contributed by atoms with Crippen molar-refractivity contribution in [3.05, 3.63) is 81.1 Å². The van der Waals surface area contributed by atoms with E-state index in [0.29, 0.717) is 5.92 Å². The van der Waals surface area contributed by atoms with Gasteiger partial charge in [-0.2, -0.15) is 17.7 Å². The van der Waals surface area contributed by atoms with E-state index in [-0.39, 0.29) is 5.54 Å². The number of fused-ring (bicyclic) bond motifs is 5. The van der Waals surface area contributed by atoms with Crippen LogP contribution < -0.4 is 4.90 Å². The van der Waals surface area contributed by atoms with Crippen molar-refractivity contribution >= 4 is 48.2 Å². The van der Waals surface area contributed by atoms with E-state index in [0.717, 1.165) is 14.0 Å². The van der Waals surface area contributed by atoms with Crippen LogP contribution in [-0.2, 0) is 20.8 Å². The first-order valence-corrected chi connectivity index (χ1v) is 18.3. The fraction of sp³-hybridized carbons (Fsp3) is 0.364. The number of nitrogens with one attached hydrogen (secondary N) is 1. The van der Waals surface area contributed by atoms with E-state index in [1.165, 1.54) is 28.1 Å². The second-order valence-corrected chi connectivity index (χ2v) is 13.3. The molecule has 0 fully saturated rings. The second-order valence-electron chi connectivity index (χ2n) is 7.61. The van der Waals surface area contributed by atoms with Crippen molar-refractivity contribution in [2.75, 3.05) is 11.9 Å². The van der Waals surface area contributed by atoms with Gasteiger partial charge in [0, 0.05) is 26.7 Å². The zero-order valence-corrected chi connectivity index (χ0v) is 24.3. The van der Waals surface area contributed by atoms with E-state index in [2.05, 4.69) is 89.5 Å². The summed E-state index contributed by atoms with van der Waals surface area (Å²) in [5.74, 6) is 0.370. The maximum absolute atomic E-state index is 6.94. The van der Waals surface area contributed by atoms with Gasteiger partial charge in [0.2, 0.25) is 0 Å². The predicted molar refractivity (Wildman–Crippen MR) is 130 cm³/mol. The summed E-state index contributed by atoms with van der Waals surface area (Å²) in [5.41, 5.74) is 13.2. The van der Waals surface area contributed by atoms with Gasteiger partial charge in [0.25, 0.3) is 0 Å². The summed E-state index contributed by atoms with van der Waals surface area (Å²) in [6, 6.07) is 15.1. The average Bonchev–Trinajstić information content (AvgIpc) is 3.11. The second kappa shape index (κ2) is 12.8. The van der Waals surface area contributed by atoms with Gasteiger partial charge >= 0.3 is 37.9 Å². The molecule has 154 valence electrons. The molecule has 1 N–H and O–H groups in total. The van der Waals surface area contributed by atoms with E-state index in [1.54, 1.807) is 0 Å². The molecule has 0 spiro atoms. The molecule has 1 atom stereocenters. The Balaban J connectivity index is 0.000000323. The monoisotopic (exact) mass is 586 g/mol. The first kappa shape index (κ1) is 27.1. The summed E-state index contributed by atoms with van der Waals surface area (Å²) in [6.07, 6.45) is 3.54. The summed E-state index contributed by atoms with van der Waals surface area (Å²) < 4.78 is 1.13. The molecule has 1 aliphatic carbocycles. The maximum atomic E-state index is 6.94. The average molecular weight is 590 g/mol. The number of allylic oxidation sites excluding steroid dienone is 1. The minimum absolute atomic E-state index is 0.250. The van der Waals surface area contributed by atoms with Crippen LogP contribution in [0.25, 0.3) is 5.73 Å². The van der Waals surface area contributed by atoms with Crippen LogP contribution in [0.2, 0.25) is 13.1 Å². The summed E-state index contributed by atoms with van der Waals surface area (Å²) >= 11 is 2.72. The number of hydrogen-bond donors (Lipinski definition) is 0. The summed E-state index contributed by atoms with van der Waals surface area (Å²) in [7, 11) is 13.1. The zero-order chi connectivity index (χ0) is 22.2. The number of hydrogen-bond acceptors (Lipinski definition) is 1. The van der Waals surface area contributed by atoms with Crippen molar-refractivity contribution in [1.29, 1.82) is 0 Å². The van der Waals surface area contributed by atoms with Crippen LogP contribution in [0.3, 0.4) is 0 Å². The third-order valence-electron chi connectivity index (χ3n) is 3.83. The van der Waals surface area contributed by atoms with E-state index in [4.69, 9.17) is 22.8 Å². The molecule has 2 nitrogen and oxygen atoms in total. The Morgan fingerprint density at radius 1 is 1.10 bits per heavy atom. The van der Waals surface area contributed by atoms with Crippen molar-refractivity contribution in [3.63, 3.8) is 0 Å². The van der Waals surface area contributed by atoms with Crippen LogP contribution in [0, 0.1) is 6.08 Å². The third-order valence-corrected chi connectivity index (χ3v) is 4.33. The van der Waals surface area contributed by atoms with Gasteiger partial charge in [-0.25, -0.2) is 0 Å². The zero-order valence-electron chi connectivity index (χ0n) is 17.7. The van der Waals surface area contributed by atoms with Gasteiger partial charge in [-0.1, -0.05) is 61.9 Å². The summed E-state index contributed by atoms with van der Waals surface area (Å²) in [6.45, 7) is 9.87. The Kier molecular flexibility index (Phi) is 12.0. The number of anilines is 1. The molecule has 0 saturated carbocycles. The topological polar surface area (TPSA) is 27.0 Å². The standard InChI is InChI=1S/C16H11BrN.C4H10N.C2H6Si.2ClH.Zr/c1-18-14-9-11(17)6-7-13(14)16-12-5-3-2-4-10(12)8-15(16)18;1-4(2,3)5;1-3-2;;;/h2-7,9,16H,1H3;5H,1-3H3;1-2H3;2*1H;/q2*-1;;;;+4/p-2. The van der Waals surface area contributed by atoms with Crippen LogP contribution in [-0.4, -0.2) is 22.1 Å². The van der Waals surface area contributed by atoms with Gasteiger partial charge in [0.05, 0.1) is 0 Å². The molecule has 29 heavy (non-hydrogen) atoms. The molecule has 2 radical (unpaired) electrons. The van der Waals surface area contributed by atoms with Crippen LogP contribution >= 0.6 is 33.0 Å². The van der Waals surface area contributed by atoms with Crippen molar-refractivity contribution < 1.29 is 20.8 Å². The van der Waals surface area contributed by atoms with Crippen LogP contribution in [0.1, 0.15) is 43.4 Å². The molecule has 7 heteroatoms. The normalized spacial score (nSPS) is 15.0. The Hall–Kier alpha value is 0.100. The van der Waals surface area contributed by atoms with E-state index >= 15 is 0 Å². The molecule has 2 aliphatic rings. The SMILES string of the molecule is CC(C)(C)[NH-].CN1C2=[C-]c3ccccc3C2c2ccc(Br)cc21.C[Si]C.[Cl][Zr+2][Cl]. The molecular weight excluding hydrogens is 562 g/mol. The first-order chi connectivity index (χ1) is 13.6. The van der Waals surface area contributed by atoms with Gasteiger partial charge < -0.3 is 10.6 Å². The molecular formula is C22H27BrCl2N2SiZr. The Morgan fingerprint density at radius 2 is 1.62 bits per heavy atom. The van der Waals surface area contributed by atoms with Crippen molar-refractivity contribution in [3.8, 4) is 0 Å². The fourth-order valence-corrected chi connectivity index (χ4v) is 3.34. The van der Waals surface area contributed by atoms with E-state index in [9.17, 15) is 0 Å². The van der Waals surface area contributed by atoms with Crippen LogP contribution in [0.15, 0.2) is 52.6 Å². The van der Waals surface area contributed by atoms with Crippen molar-refractivity contribution in [2.45, 2.75) is 45.3 Å². The van der Waals surface area contributed by atoms with Crippen LogP contribution in [0.5, 0.6) is 0 Å². The van der Waals surface area contributed by atoms with Gasteiger partial charge in [0.15, 0.2) is 0 Å². The first-order valence-electron chi connectivity index (χ1n) is 9.14. The van der Waals surface area contributed by atoms with E-state index in [1.807, 2.05) is 20.8 Å². The minimum atomic E-state index is -0.826. The molecule has 0 aromatic heterocycles. The van der Waals surface area contributed by atoms with Crippen molar-refractivity contribution in [2.24, 2.45) is 0 Å². The molecule has 2 aromatic carbocycles. The van der Waals surface area contributed by atoms with Gasteiger partial charge in [0.1, 0.15) is 0 Å². The molecule has 1 aliphatic heterocycles. The fourth-order valence-electron chi connectivity index (χ4n) is 2.99. The molecule has 0 amide bonds. The number of halogens is 3. The summed E-state index contributed by atoms with van der Waals surface area (Å²) in [5, 5.41) is 0. The van der Waals surface area contributed by atoms with E-state index < -0.39 is 20.8 Å². The van der Waals surface area contributed by atoms with Crippen LogP contribution in [0.4, 0.5) is 5.69 Å². The molecule has 0 saturated heterocycles. The Bertz CT molecular complexity index is 817. The molecule has 2 aromatic rings. The van der Waals surface area contributed by atoms with Crippen molar-refractivity contribution in [1.82, 2.24) is 0 Å². The Labute approximate surface area is 205 Å². The third kappa shape index (κ3) is 8.27. The predicted octanol–water partition coefficient (Wildman–Crippen LogP) is 8.08. The van der Waals surface area contributed by atoms with Gasteiger partial charge in [-0.15, -0.1) is 23.2 Å². The quantitative estimate of drug-likeness (QED) is 0.226. The molecule has 1 unspecified atom stereocenters. The molecule has 4 rings (SSSR count). The number of likely N-dealkylation sites (N-methyl/N-ethyl adjacent to an activating group) is 1. The Morgan fingerprint density at radius 3 is 2.17 bits per heavy atom. The molecule has 1 heterocycles. The summed E-state index contributed by atoms with van der Waals surface area (Å²) in [4.78, 5) is 2.25. The number of nitrogens with zero attached hydrogens (tertiary/aromatic N) is 1. The molecule has 0 bridgehead atoms. The van der Waals surface area contributed by atoms with Gasteiger partial charge in [-0.3, -0.25) is 0 Å². The van der Waals surface area contributed by atoms with Gasteiger partial charge in [-0.05, 0) is 29.3 Å². The number of benzene rings is 2.